The molecule has 0 spiro atoms. The van der Waals surface area contributed by atoms with Crippen LogP contribution in [0.15, 0.2) is 150 Å². The lowest BCUT2D eigenvalue weighted by atomic mass is 9.96. The summed E-state index contributed by atoms with van der Waals surface area (Å²) >= 11 is 0.483. The maximum Gasteiger partial charge on any atom is 0.136 e. The van der Waals surface area contributed by atoms with Gasteiger partial charge in [-0.3, -0.25) is 3.97 Å². The van der Waals surface area contributed by atoms with Crippen molar-refractivity contribution in [3.05, 3.63) is 162 Å². The minimum absolute atomic E-state index is 0.247. The van der Waals surface area contributed by atoms with Gasteiger partial charge in [0.1, 0.15) is 10.8 Å². The van der Waals surface area contributed by atoms with Gasteiger partial charge in [-0.15, -0.1) is 4.72 Å². The van der Waals surface area contributed by atoms with Crippen LogP contribution in [-0.2, 0) is 17.8 Å². The first-order valence-electron chi connectivity index (χ1n) is 15.4. The van der Waals surface area contributed by atoms with Crippen LogP contribution in [0, 0.1) is 0 Å². The van der Waals surface area contributed by atoms with E-state index in [0.717, 1.165) is 18.1 Å². The summed E-state index contributed by atoms with van der Waals surface area (Å²) in [5.41, 5.74) is 4.74. The van der Waals surface area contributed by atoms with Gasteiger partial charge < -0.3 is 4.55 Å². The van der Waals surface area contributed by atoms with E-state index >= 15 is 0 Å². The molecule has 6 aromatic rings. The first kappa shape index (κ1) is 31.7. The van der Waals surface area contributed by atoms with Gasteiger partial charge in [-0.2, -0.15) is 0 Å². The lowest BCUT2D eigenvalue weighted by molar-refractivity contribution is 0.535. The molecule has 5 aromatic carbocycles. The van der Waals surface area contributed by atoms with Crippen molar-refractivity contribution in [3.63, 3.8) is 0 Å². The minimum atomic E-state index is -1.28. The summed E-state index contributed by atoms with van der Waals surface area (Å²) in [6.45, 7) is 6.08. The predicted octanol–water partition coefficient (Wildman–Crippen LogP) is 9.01. The highest BCUT2D eigenvalue weighted by Gasteiger charge is 2.34. The number of nitrogens with zero attached hydrogens (tertiary/aromatic N) is 1. The molecule has 0 radical (unpaired) electrons. The summed E-state index contributed by atoms with van der Waals surface area (Å²) in [6, 6.07) is 51.4. The van der Waals surface area contributed by atoms with Gasteiger partial charge >= 0.3 is 0 Å². The number of para-hydroxylation sites is 1. The van der Waals surface area contributed by atoms with E-state index in [-0.39, 0.29) is 6.04 Å². The Hall–Kier alpha value is -3.31. The van der Waals surface area contributed by atoms with Crippen LogP contribution in [0.5, 0.6) is 0 Å². The third-order valence-electron chi connectivity index (χ3n) is 7.82. The molecule has 0 saturated heterocycles. The summed E-state index contributed by atoms with van der Waals surface area (Å²) in [5.74, 6) is 0. The van der Waals surface area contributed by atoms with Crippen molar-refractivity contribution in [2.24, 2.45) is 0 Å². The smallest absolute Gasteiger partial charge is 0.136 e. The molecule has 3 nitrogen and oxygen atoms in total. The van der Waals surface area contributed by atoms with Crippen molar-refractivity contribution in [1.29, 1.82) is 0 Å². The molecule has 45 heavy (non-hydrogen) atoms. The van der Waals surface area contributed by atoms with Gasteiger partial charge in [-0.1, -0.05) is 127 Å². The zero-order valence-corrected chi connectivity index (χ0v) is 28.5. The van der Waals surface area contributed by atoms with Gasteiger partial charge in [0.25, 0.3) is 0 Å². The second-order valence-corrected chi connectivity index (χ2v) is 17.3. The van der Waals surface area contributed by atoms with Gasteiger partial charge in [0.05, 0.1) is 5.52 Å². The molecule has 0 amide bonds. The number of aromatic nitrogens is 1. The maximum atomic E-state index is 13.8. The monoisotopic (exact) mass is 646 g/mol. The molecule has 1 aromatic heterocycles. The van der Waals surface area contributed by atoms with Crippen molar-refractivity contribution in [2.75, 3.05) is 6.16 Å². The molecule has 228 valence electrons. The molecule has 6 rings (SSSR count). The van der Waals surface area contributed by atoms with Crippen molar-refractivity contribution in [3.8, 4) is 0 Å². The summed E-state index contributed by atoms with van der Waals surface area (Å²) in [4.78, 5) is 1.18. The molecule has 1 N–H and O–H groups in total. The highest BCUT2D eigenvalue weighted by Crippen LogP contribution is 2.42. The fourth-order valence-electron chi connectivity index (χ4n) is 5.60. The van der Waals surface area contributed by atoms with E-state index in [2.05, 4.69) is 148 Å². The predicted molar refractivity (Wildman–Crippen MR) is 197 cm³/mol. The fraction of sp³-hybridized carbons (Fsp3) is 0.179. The maximum absolute atomic E-state index is 13.8. The van der Waals surface area contributed by atoms with Gasteiger partial charge in [0.15, 0.2) is 0 Å². The Balaban J connectivity index is 1.53. The van der Waals surface area contributed by atoms with Crippen molar-refractivity contribution >= 4 is 52.7 Å². The first-order chi connectivity index (χ1) is 21.9. The third-order valence-corrected chi connectivity index (χ3v) is 13.0. The Morgan fingerprint density at radius 2 is 1.22 bits per heavy atom. The van der Waals surface area contributed by atoms with E-state index in [1.54, 1.807) is 11.9 Å². The van der Waals surface area contributed by atoms with E-state index in [1.165, 1.54) is 37.7 Å². The Bertz CT molecular complexity index is 1770. The molecular weight excluding hydrogens is 608 g/mol. The molecule has 6 heteroatoms. The molecule has 2 unspecified atom stereocenters. The van der Waals surface area contributed by atoms with E-state index < -0.39 is 24.0 Å². The van der Waals surface area contributed by atoms with Crippen molar-refractivity contribution in [1.82, 2.24) is 8.69 Å². The Labute approximate surface area is 276 Å². The molecule has 0 aliphatic carbocycles. The van der Waals surface area contributed by atoms with Gasteiger partial charge in [-0.25, -0.2) is 0 Å². The largest absolute Gasteiger partial charge is 0.598 e. The lowest BCUT2D eigenvalue weighted by Gasteiger charge is -2.29. The topological polar surface area (TPSA) is 40.0 Å². The number of hydrogen-bond acceptors (Lipinski definition) is 3. The van der Waals surface area contributed by atoms with E-state index in [1.807, 2.05) is 26.8 Å². The van der Waals surface area contributed by atoms with Crippen LogP contribution in [0.4, 0.5) is 0 Å². The summed E-state index contributed by atoms with van der Waals surface area (Å²) < 4.78 is 19.4. The summed E-state index contributed by atoms with van der Waals surface area (Å²) in [5, 5.41) is 3.95. The zero-order chi connectivity index (χ0) is 31.2. The number of hydrogen-bond donors (Lipinski definition) is 1. The van der Waals surface area contributed by atoms with E-state index in [4.69, 9.17) is 0 Å². The van der Waals surface area contributed by atoms with Crippen molar-refractivity contribution in [2.45, 2.75) is 42.9 Å². The highest BCUT2D eigenvalue weighted by atomic mass is 32.2. The summed E-state index contributed by atoms with van der Waals surface area (Å²) in [6.07, 6.45) is 1.86. The SMILES string of the molecule is CC(C)(C)[S+]([O-])NC(c1ccccc1)c1c(CCP(c2ccccc2)c2ccccc2)n(Sc2ccccc2)c2ccccc12. The molecule has 2 atom stereocenters. The number of fused-ring (bicyclic) bond motifs is 1. The number of rotatable bonds is 11. The highest BCUT2D eigenvalue weighted by molar-refractivity contribution is 7.98. The van der Waals surface area contributed by atoms with Crippen molar-refractivity contribution < 1.29 is 4.55 Å². The molecular formula is C39H39N2OPS2. The molecule has 1 heterocycles. The van der Waals surface area contributed by atoms with Crippen LogP contribution in [0.3, 0.4) is 0 Å². The number of benzene rings is 5. The third kappa shape index (κ3) is 7.41. The second kappa shape index (κ2) is 14.4. The average molecular weight is 647 g/mol. The number of nitrogens with one attached hydrogen (secondary N) is 1. The van der Waals surface area contributed by atoms with Gasteiger partial charge in [-0.05, 0) is 87.6 Å². The Morgan fingerprint density at radius 1 is 0.711 bits per heavy atom. The molecule has 0 fully saturated rings. The van der Waals surface area contributed by atoms with Crippen LogP contribution >= 0.6 is 19.9 Å². The zero-order valence-electron chi connectivity index (χ0n) is 26.0. The van der Waals surface area contributed by atoms with Crippen LogP contribution in [0.2, 0.25) is 0 Å². The van der Waals surface area contributed by atoms with E-state index in [9.17, 15) is 4.55 Å². The quantitative estimate of drug-likeness (QED) is 0.113. The Morgan fingerprint density at radius 3 is 1.80 bits per heavy atom. The second-order valence-electron chi connectivity index (χ2n) is 12.0. The van der Waals surface area contributed by atoms with Crippen LogP contribution in [0.1, 0.15) is 43.6 Å². The van der Waals surface area contributed by atoms with E-state index in [0.29, 0.717) is 0 Å². The molecule has 0 aliphatic rings. The molecule has 0 aliphatic heterocycles. The van der Waals surface area contributed by atoms with Gasteiger partial charge in [0.2, 0.25) is 0 Å². The average Bonchev–Trinajstić information content (AvgIpc) is 3.37. The van der Waals surface area contributed by atoms with Crippen LogP contribution < -0.4 is 15.3 Å². The molecule has 0 saturated carbocycles. The van der Waals surface area contributed by atoms with Crippen LogP contribution in [0.25, 0.3) is 10.9 Å². The first-order valence-corrected chi connectivity index (χ1v) is 18.8. The lowest BCUT2D eigenvalue weighted by Crippen LogP contribution is -2.41. The fourth-order valence-corrected chi connectivity index (χ4v) is 9.78. The Kier molecular flexibility index (Phi) is 10.1. The normalized spacial score (nSPS) is 13.3. The van der Waals surface area contributed by atoms with Gasteiger partial charge in [0, 0.05) is 32.9 Å². The minimum Gasteiger partial charge on any atom is -0.598 e. The molecule has 0 bridgehead atoms. The van der Waals surface area contributed by atoms with Crippen LogP contribution in [-0.4, -0.2) is 19.4 Å². The summed E-state index contributed by atoms with van der Waals surface area (Å²) in [7, 11) is -0.600. The standard InChI is InChI=1S/C39H39N2OPS2/c1-39(2,3)45(42)40-38(30-18-8-4-9-19-30)37-34-26-16-17-27-35(34)41(44-33-24-14-7-15-25-33)36(37)28-29-43(31-20-10-5-11-21-31)32-22-12-6-13-23-32/h4-27,38,40H,28-29H2,1-3H3.